The molecule has 0 saturated carbocycles. The van der Waals surface area contributed by atoms with Crippen LogP contribution in [0.1, 0.15) is 34.3 Å². The van der Waals surface area contributed by atoms with E-state index in [9.17, 15) is 9.59 Å². The number of Topliss-reactive ketones (excluding diaryl/α,β-unsaturated/α-hetero) is 1. The Morgan fingerprint density at radius 3 is 2.59 bits per heavy atom. The largest absolute Gasteiger partial charge is 0.491 e. The highest BCUT2D eigenvalue weighted by atomic mass is 28.3. The standard InChI is InChI=1S/C32H36N4O4Si/c1-41(2,3)15-14-39-20-36-31-28(30(35-36)24-8-11-27-29(18-24)40-13-12-33-32(27)38)17-25(19-34-31)23-5-4-21-6-9-26(37)10-7-22(21)16-23/h4-5,8,11,16-19H,6-7,9-10,12-15,20H2,1-3H3,(H,33,38). The number of fused-ring (bicyclic) bond motifs is 3. The minimum absolute atomic E-state index is 0.135. The Hall–Kier alpha value is -3.82. The molecule has 9 heteroatoms. The Morgan fingerprint density at radius 2 is 1.76 bits per heavy atom. The Kier molecular flexibility index (Phi) is 7.48. The molecule has 0 radical (unpaired) electrons. The van der Waals surface area contributed by atoms with Gasteiger partial charge in [-0.3, -0.25) is 9.59 Å². The van der Waals surface area contributed by atoms with Gasteiger partial charge >= 0.3 is 0 Å². The van der Waals surface area contributed by atoms with Gasteiger partial charge in [0.2, 0.25) is 0 Å². The number of aromatic nitrogens is 3. The summed E-state index contributed by atoms with van der Waals surface area (Å²) in [4.78, 5) is 29.4. The second kappa shape index (κ2) is 11.2. The maximum absolute atomic E-state index is 12.5. The molecule has 1 aliphatic heterocycles. The number of amides is 1. The Bertz CT molecular complexity index is 1640. The molecule has 1 aliphatic carbocycles. The fraction of sp³-hybridized carbons (Fsp3) is 0.375. The van der Waals surface area contributed by atoms with E-state index in [0.717, 1.165) is 52.3 Å². The molecule has 0 bridgehead atoms. The number of rotatable bonds is 7. The third-order valence-corrected chi connectivity index (χ3v) is 9.53. The number of aryl methyl sites for hydroxylation is 2. The molecule has 0 atom stereocenters. The molecule has 8 nitrogen and oxygen atoms in total. The molecule has 2 aromatic carbocycles. The molecule has 212 valence electrons. The van der Waals surface area contributed by atoms with E-state index in [1.807, 2.05) is 23.0 Å². The van der Waals surface area contributed by atoms with Crippen LogP contribution in [0.25, 0.3) is 33.4 Å². The van der Waals surface area contributed by atoms with Gasteiger partial charge in [-0.25, -0.2) is 9.67 Å². The zero-order valence-electron chi connectivity index (χ0n) is 24.0. The van der Waals surface area contributed by atoms with Gasteiger partial charge in [-0.15, -0.1) is 0 Å². The first kappa shape index (κ1) is 27.4. The summed E-state index contributed by atoms with van der Waals surface area (Å²) >= 11 is 0. The first-order valence-electron chi connectivity index (χ1n) is 14.4. The monoisotopic (exact) mass is 568 g/mol. The van der Waals surface area contributed by atoms with Crippen molar-refractivity contribution in [3.05, 3.63) is 65.4 Å². The van der Waals surface area contributed by atoms with Gasteiger partial charge in [0.25, 0.3) is 5.91 Å². The Balaban J connectivity index is 1.40. The number of carbonyl (C=O) groups excluding carboxylic acids is 2. The maximum atomic E-state index is 12.5. The van der Waals surface area contributed by atoms with Gasteiger partial charge in [-0.05, 0) is 53.8 Å². The molecule has 4 aromatic rings. The Labute approximate surface area is 241 Å². The lowest BCUT2D eigenvalue weighted by molar-refractivity contribution is -0.118. The zero-order chi connectivity index (χ0) is 28.6. The van der Waals surface area contributed by atoms with Crippen LogP contribution < -0.4 is 10.1 Å². The van der Waals surface area contributed by atoms with Crippen LogP contribution in [0.2, 0.25) is 25.7 Å². The van der Waals surface area contributed by atoms with Gasteiger partial charge in [0, 0.05) is 50.2 Å². The molecule has 0 saturated heterocycles. The number of nitrogens with zero attached hydrogens (tertiary/aromatic N) is 3. The van der Waals surface area contributed by atoms with E-state index in [4.69, 9.17) is 19.6 Å². The van der Waals surface area contributed by atoms with Crippen molar-refractivity contribution in [2.24, 2.45) is 0 Å². The average molecular weight is 569 g/mol. The molecular weight excluding hydrogens is 532 g/mol. The highest BCUT2D eigenvalue weighted by Gasteiger charge is 2.21. The molecular formula is C32H36N4O4Si. The maximum Gasteiger partial charge on any atom is 0.255 e. The number of nitrogens with one attached hydrogen (secondary N) is 1. The lowest BCUT2D eigenvalue weighted by atomic mass is 9.96. The van der Waals surface area contributed by atoms with Crippen molar-refractivity contribution < 1.29 is 19.1 Å². The van der Waals surface area contributed by atoms with Crippen molar-refractivity contribution in [2.45, 2.75) is 58.1 Å². The third kappa shape index (κ3) is 5.96. The van der Waals surface area contributed by atoms with Crippen LogP contribution >= 0.6 is 0 Å². The van der Waals surface area contributed by atoms with Crippen molar-refractivity contribution in [2.75, 3.05) is 19.8 Å². The van der Waals surface area contributed by atoms with Gasteiger partial charge in [0.15, 0.2) is 5.65 Å². The van der Waals surface area contributed by atoms with Gasteiger partial charge in [-0.2, -0.15) is 5.10 Å². The molecule has 0 unspecified atom stereocenters. The van der Waals surface area contributed by atoms with E-state index < -0.39 is 8.07 Å². The minimum atomic E-state index is -1.22. The summed E-state index contributed by atoms with van der Waals surface area (Å²) in [6, 6.07) is 15.3. The molecule has 2 aliphatic rings. The first-order chi connectivity index (χ1) is 19.7. The minimum Gasteiger partial charge on any atom is -0.491 e. The number of benzene rings is 2. The van der Waals surface area contributed by atoms with Crippen molar-refractivity contribution in [3.8, 4) is 28.1 Å². The normalized spacial score (nSPS) is 15.5. The fourth-order valence-electron chi connectivity index (χ4n) is 5.40. The number of hydrogen-bond donors (Lipinski definition) is 1. The van der Waals surface area contributed by atoms with Crippen LogP contribution in [0.3, 0.4) is 0 Å². The van der Waals surface area contributed by atoms with Crippen molar-refractivity contribution in [1.82, 2.24) is 20.1 Å². The number of ether oxygens (including phenoxy) is 2. The highest BCUT2D eigenvalue weighted by molar-refractivity contribution is 6.76. The van der Waals surface area contributed by atoms with Crippen LogP contribution in [0, 0.1) is 0 Å². The van der Waals surface area contributed by atoms with Crippen LogP contribution in [0.5, 0.6) is 5.75 Å². The van der Waals surface area contributed by atoms with Crippen LogP contribution in [-0.2, 0) is 29.1 Å². The van der Waals surface area contributed by atoms with Gasteiger partial charge in [0.05, 0.1) is 12.1 Å². The zero-order valence-corrected chi connectivity index (χ0v) is 25.0. The van der Waals surface area contributed by atoms with E-state index in [1.54, 1.807) is 6.07 Å². The summed E-state index contributed by atoms with van der Waals surface area (Å²) in [6.45, 7) is 8.88. The van der Waals surface area contributed by atoms with E-state index in [2.05, 4.69) is 49.2 Å². The van der Waals surface area contributed by atoms with Crippen molar-refractivity contribution in [3.63, 3.8) is 0 Å². The van der Waals surface area contributed by atoms with E-state index in [-0.39, 0.29) is 5.91 Å². The topological polar surface area (TPSA) is 95.3 Å². The molecule has 6 rings (SSSR count). The number of carbonyl (C=O) groups is 2. The van der Waals surface area contributed by atoms with Crippen LogP contribution in [0.4, 0.5) is 0 Å². The second-order valence-corrected chi connectivity index (χ2v) is 17.8. The Morgan fingerprint density at radius 1 is 0.951 bits per heavy atom. The van der Waals surface area contributed by atoms with Crippen LogP contribution in [-0.4, -0.2) is 54.3 Å². The number of pyridine rings is 1. The lowest BCUT2D eigenvalue weighted by Crippen LogP contribution is -2.24. The quantitative estimate of drug-likeness (QED) is 0.176. The van der Waals surface area contributed by atoms with Gasteiger partial charge < -0.3 is 14.8 Å². The van der Waals surface area contributed by atoms with E-state index in [1.165, 1.54) is 11.1 Å². The molecule has 0 spiro atoms. The summed E-state index contributed by atoms with van der Waals surface area (Å²) in [5.41, 5.74) is 7.43. The fourth-order valence-corrected chi connectivity index (χ4v) is 6.16. The van der Waals surface area contributed by atoms with Crippen LogP contribution in [0.15, 0.2) is 48.7 Å². The predicted molar refractivity (Wildman–Crippen MR) is 162 cm³/mol. The molecule has 2 aromatic heterocycles. The van der Waals surface area contributed by atoms with Crippen molar-refractivity contribution >= 4 is 30.8 Å². The van der Waals surface area contributed by atoms with E-state index in [0.29, 0.717) is 56.4 Å². The smallest absolute Gasteiger partial charge is 0.255 e. The molecule has 41 heavy (non-hydrogen) atoms. The number of hydrogen-bond acceptors (Lipinski definition) is 6. The second-order valence-electron chi connectivity index (χ2n) is 12.1. The van der Waals surface area contributed by atoms with E-state index >= 15 is 0 Å². The summed E-state index contributed by atoms with van der Waals surface area (Å²) in [5, 5.41) is 8.72. The molecule has 3 heterocycles. The lowest BCUT2D eigenvalue weighted by Gasteiger charge is -2.15. The molecule has 1 N–H and O–H groups in total. The highest BCUT2D eigenvalue weighted by Crippen LogP contribution is 2.35. The molecule has 1 amide bonds. The summed E-state index contributed by atoms with van der Waals surface area (Å²) < 4.78 is 13.8. The van der Waals surface area contributed by atoms with Gasteiger partial charge in [-0.1, -0.05) is 43.9 Å². The first-order valence-corrected chi connectivity index (χ1v) is 18.1. The van der Waals surface area contributed by atoms with Crippen molar-refractivity contribution in [1.29, 1.82) is 0 Å². The predicted octanol–water partition coefficient (Wildman–Crippen LogP) is 5.65. The summed E-state index contributed by atoms with van der Waals surface area (Å²) in [6.07, 6.45) is 4.69. The summed E-state index contributed by atoms with van der Waals surface area (Å²) in [5.74, 6) is 0.747. The SMILES string of the molecule is C[Si](C)(C)CCOCn1nc(-c2ccc3c(c2)OCCNC3=O)c2cc(-c3ccc4c(c3)CCC(=O)CC4)cnc21. The summed E-state index contributed by atoms with van der Waals surface area (Å²) in [7, 11) is -1.22. The average Bonchev–Trinajstić information content (AvgIpc) is 3.06. The number of ketones is 1. The van der Waals surface area contributed by atoms with Gasteiger partial charge in [0.1, 0.15) is 30.6 Å². The third-order valence-electron chi connectivity index (χ3n) is 7.83. The molecule has 0 fully saturated rings.